The van der Waals surface area contributed by atoms with Crippen molar-refractivity contribution in [2.24, 2.45) is 17.8 Å². The monoisotopic (exact) mass is 340 g/mol. The Balaban J connectivity index is 1.48. The van der Waals surface area contributed by atoms with Gasteiger partial charge in [-0.2, -0.15) is 0 Å². The van der Waals surface area contributed by atoms with Crippen LogP contribution in [0.2, 0.25) is 0 Å². The molecule has 0 radical (unpaired) electrons. The van der Waals surface area contributed by atoms with Crippen LogP contribution >= 0.6 is 0 Å². The van der Waals surface area contributed by atoms with Gasteiger partial charge in [0.15, 0.2) is 0 Å². The summed E-state index contributed by atoms with van der Waals surface area (Å²) in [5.41, 5.74) is 0.972. The van der Waals surface area contributed by atoms with E-state index in [0.29, 0.717) is 17.6 Å². The van der Waals surface area contributed by atoms with Crippen LogP contribution in [0.3, 0.4) is 0 Å². The van der Waals surface area contributed by atoms with Crippen LogP contribution in [0.15, 0.2) is 53.1 Å². The molecule has 5 nitrogen and oxygen atoms in total. The first-order valence-corrected chi connectivity index (χ1v) is 9.02. The molecule has 25 heavy (non-hydrogen) atoms. The summed E-state index contributed by atoms with van der Waals surface area (Å²) in [4.78, 5) is 12.7. The Morgan fingerprint density at radius 3 is 2.68 bits per heavy atom. The highest BCUT2D eigenvalue weighted by atomic mass is 16.3. The number of carbonyl (C=O) groups excluding carboxylic acids is 1. The Hall–Kier alpha value is -2.27. The van der Waals surface area contributed by atoms with E-state index in [-0.39, 0.29) is 30.6 Å². The van der Waals surface area contributed by atoms with Crippen molar-refractivity contribution in [3.63, 3.8) is 0 Å². The number of benzene rings is 1. The van der Waals surface area contributed by atoms with E-state index in [4.69, 9.17) is 4.42 Å². The standard InChI is InChI=1S/C20H24N2O3/c23-12-16-14-8-9-15(11-14)18(16)21-20(24)22-19(17-7-4-10-25-17)13-5-2-1-3-6-13/h1-7,10,14-16,18-19,23H,8-9,11-12H2,(H2,21,22,24). The summed E-state index contributed by atoms with van der Waals surface area (Å²) in [6.45, 7) is 0.145. The van der Waals surface area contributed by atoms with Gasteiger partial charge in [-0.05, 0) is 48.8 Å². The quantitative estimate of drug-likeness (QED) is 0.783. The lowest BCUT2D eigenvalue weighted by molar-refractivity contribution is 0.144. The van der Waals surface area contributed by atoms with E-state index < -0.39 is 0 Å². The average molecular weight is 340 g/mol. The zero-order valence-corrected chi connectivity index (χ0v) is 14.1. The molecule has 1 heterocycles. The lowest BCUT2D eigenvalue weighted by Gasteiger charge is -2.31. The molecule has 132 valence electrons. The lowest BCUT2D eigenvalue weighted by atomic mass is 9.85. The molecule has 2 fully saturated rings. The first kappa shape index (κ1) is 16.2. The maximum atomic E-state index is 12.7. The number of rotatable bonds is 5. The molecule has 2 bridgehead atoms. The van der Waals surface area contributed by atoms with Gasteiger partial charge in [-0.25, -0.2) is 4.79 Å². The number of amides is 2. The molecule has 2 amide bonds. The second-order valence-corrected chi connectivity index (χ2v) is 7.18. The van der Waals surface area contributed by atoms with E-state index >= 15 is 0 Å². The Kier molecular flexibility index (Phi) is 4.49. The number of hydrogen-bond acceptors (Lipinski definition) is 3. The first-order valence-electron chi connectivity index (χ1n) is 9.02. The summed E-state index contributed by atoms with van der Waals surface area (Å²) < 4.78 is 5.53. The normalized spacial score (nSPS) is 28.7. The van der Waals surface area contributed by atoms with Crippen molar-refractivity contribution in [3.05, 3.63) is 60.1 Å². The highest BCUT2D eigenvalue weighted by molar-refractivity contribution is 5.75. The molecule has 2 aliphatic carbocycles. The highest BCUT2D eigenvalue weighted by Crippen LogP contribution is 2.48. The molecule has 5 atom stereocenters. The third-order valence-electron chi connectivity index (χ3n) is 5.83. The Morgan fingerprint density at radius 1 is 1.16 bits per heavy atom. The van der Waals surface area contributed by atoms with Gasteiger partial charge in [0, 0.05) is 18.6 Å². The van der Waals surface area contributed by atoms with E-state index in [9.17, 15) is 9.90 Å². The van der Waals surface area contributed by atoms with Gasteiger partial charge in [-0.15, -0.1) is 0 Å². The van der Waals surface area contributed by atoms with Gasteiger partial charge in [-0.3, -0.25) is 0 Å². The number of fused-ring (bicyclic) bond motifs is 2. The van der Waals surface area contributed by atoms with Crippen molar-refractivity contribution in [3.8, 4) is 0 Å². The number of hydrogen-bond donors (Lipinski definition) is 3. The summed E-state index contributed by atoms with van der Waals surface area (Å²) in [6, 6.07) is 13.0. The molecule has 2 aromatic rings. The van der Waals surface area contributed by atoms with Gasteiger partial charge < -0.3 is 20.2 Å². The van der Waals surface area contributed by atoms with Gasteiger partial charge in [0.05, 0.1) is 6.26 Å². The van der Waals surface area contributed by atoms with Crippen molar-refractivity contribution >= 4 is 6.03 Å². The molecule has 1 aromatic heterocycles. The third kappa shape index (κ3) is 3.16. The Morgan fingerprint density at radius 2 is 1.96 bits per heavy atom. The fourth-order valence-corrected chi connectivity index (χ4v) is 4.64. The van der Waals surface area contributed by atoms with E-state index in [0.717, 1.165) is 18.4 Å². The van der Waals surface area contributed by atoms with Gasteiger partial charge in [0.25, 0.3) is 0 Å². The Labute approximate surface area is 147 Å². The molecule has 4 rings (SSSR count). The van der Waals surface area contributed by atoms with Gasteiger partial charge >= 0.3 is 6.03 Å². The van der Waals surface area contributed by atoms with Crippen LogP contribution in [0.1, 0.15) is 36.6 Å². The zero-order valence-electron chi connectivity index (χ0n) is 14.1. The van der Waals surface area contributed by atoms with Crippen molar-refractivity contribution in [2.45, 2.75) is 31.3 Å². The molecular weight excluding hydrogens is 316 g/mol. The highest BCUT2D eigenvalue weighted by Gasteiger charge is 2.47. The fourth-order valence-electron chi connectivity index (χ4n) is 4.64. The Bertz CT molecular complexity index is 701. The number of carbonyl (C=O) groups is 1. The molecule has 5 heteroatoms. The summed E-state index contributed by atoms with van der Waals surface area (Å²) >= 11 is 0. The predicted molar refractivity (Wildman–Crippen MR) is 93.9 cm³/mol. The topological polar surface area (TPSA) is 74.5 Å². The number of nitrogens with one attached hydrogen (secondary N) is 2. The summed E-state index contributed by atoms with van der Waals surface area (Å²) in [6.07, 6.45) is 5.06. The third-order valence-corrected chi connectivity index (χ3v) is 5.83. The van der Waals surface area contributed by atoms with E-state index in [1.54, 1.807) is 6.26 Å². The summed E-state index contributed by atoms with van der Waals surface area (Å²) in [5.74, 6) is 1.93. The minimum absolute atomic E-state index is 0.0665. The minimum Gasteiger partial charge on any atom is -0.467 e. The zero-order chi connectivity index (χ0) is 17.2. The second kappa shape index (κ2) is 6.92. The SMILES string of the molecule is O=C(NC(c1ccccc1)c1ccco1)NC1C2CCC(C2)C1CO. The van der Waals surface area contributed by atoms with Gasteiger partial charge in [0.2, 0.25) is 0 Å². The maximum Gasteiger partial charge on any atom is 0.315 e. The molecule has 2 aliphatic rings. The van der Waals surface area contributed by atoms with Crippen LogP contribution in [0, 0.1) is 17.8 Å². The largest absolute Gasteiger partial charge is 0.467 e. The van der Waals surface area contributed by atoms with E-state index in [1.807, 2.05) is 42.5 Å². The second-order valence-electron chi connectivity index (χ2n) is 7.18. The molecule has 5 unspecified atom stereocenters. The molecule has 1 aromatic carbocycles. The van der Waals surface area contributed by atoms with Crippen molar-refractivity contribution in [1.82, 2.24) is 10.6 Å². The van der Waals surface area contributed by atoms with Crippen LogP contribution in [-0.2, 0) is 0 Å². The molecule has 2 saturated carbocycles. The van der Waals surface area contributed by atoms with Crippen LogP contribution in [-0.4, -0.2) is 23.8 Å². The predicted octanol–water partition coefficient (Wildman–Crippen LogP) is 3.08. The van der Waals surface area contributed by atoms with E-state index in [1.165, 1.54) is 6.42 Å². The number of aliphatic hydroxyl groups excluding tert-OH is 1. The van der Waals surface area contributed by atoms with Gasteiger partial charge in [0.1, 0.15) is 11.8 Å². The fraction of sp³-hybridized carbons (Fsp3) is 0.450. The van der Waals surface area contributed by atoms with Crippen LogP contribution in [0.4, 0.5) is 4.79 Å². The van der Waals surface area contributed by atoms with Crippen molar-refractivity contribution in [2.75, 3.05) is 6.61 Å². The number of furan rings is 1. The molecular formula is C20H24N2O3. The summed E-state index contributed by atoms with van der Waals surface area (Å²) in [7, 11) is 0. The van der Waals surface area contributed by atoms with E-state index in [2.05, 4.69) is 10.6 Å². The van der Waals surface area contributed by atoms with Crippen LogP contribution in [0.5, 0.6) is 0 Å². The minimum atomic E-state index is -0.331. The molecule has 3 N–H and O–H groups in total. The molecule has 0 saturated heterocycles. The lowest BCUT2D eigenvalue weighted by Crippen LogP contribution is -2.49. The molecule has 0 spiro atoms. The van der Waals surface area contributed by atoms with Crippen molar-refractivity contribution < 1.29 is 14.3 Å². The maximum absolute atomic E-state index is 12.7. The van der Waals surface area contributed by atoms with Gasteiger partial charge in [-0.1, -0.05) is 30.3 Å². The number of aliphatic hydroxyl groups is 1. The average Bonchev–Trinajstić information content (AvgIpc) is 3.38. The van der Waals surface area contributed by atoms with Crippen molar-refractivity contribution in [1.29, 1.82) is 0 Å². The number of urea groups is 1. The summed E-state index contributed by atoms with van der Waals surface area (Å²) in [5, 5.41) is 15.9. The molecule has 0 aliphatic heterocycles. The van der Waals surface area contributed by atoms with Crippen LogP contribution in [0.25, 0.3) is 0 Å². The first-order chi connectivity index (χ1) is 12.3. The van der Waals surface area contributed by atoms with Crippen LogP contribution < -0.4 is 10.6 Å². The smallest absolute Gasteiger partial charge is 0.315 e.